The van der Waals surface area contributed by atoms with Crippen LogP contribution in [0.1, 0.15) is 39.2 Å². The Hall–Kier alpha value is -4.12. The van der Waals surface area contributed by atoms with E-state index < -0.39 is 34.3 Å². The van der Waals surface area contributed by atoms with Gasteiger partial charge in [0.2, 0.25) is 11.8 Å². The molecule has 0 fully saturated rings. The molecule has 3 aromatic carbocycles. The molecule has 2 amide bonds. The normalized spacial score (nSPS) is 12.6. The van der Waals surface area contributed by atoms with Gasteiger partial charge in [0.15, 0.2) is 0 Å². The smallest absolute Gasteiger partial charge is 0.264 e. The Morgan fingerprint density at radius 3 is 1.90 bits per heavy atom. The maximum absolute atomic E-state index is 14.1. The minimum Gasteiger partial charge on any atom is -0.497 e. The summed E-state index contributed by atoms with van der Waals surface area (Å²) in [5.74, 6) is -0.396. The van der Waals surface area contributed by atoms with Crippen LogP contribution in [-0.2, 0) is 26.2 Å². The number of carbonyl (C=O) groups is 2. The van der Waals surface area contributed by atoms with Crippen molar-refractivity contribution in [1.29, 1.82) is 0 Å². The topological polar surface area (TPSA) is 105 Å². The minimum atomic E-state index is -4.29. The van der Waals surface area contributed by atoms with Gasteiger partial charge < -0.3 is 19.7 Å². The summed E-state index contributed by atoms with van der Waals surface area (Å²) in [6, 6.07) is 16.7. The fourth-order valence-corrected chi connectivity index (χ4v) is 5.71. The molecule has 0 aromatic heterocycles. The molecular formula is C31H38FN3O6S. The van der Waals surface area contributed by atoms with E-state index in [-0.39, 0.29) is 29.1 Å². The number of carbonyl (C=O) groups excluding carboxylic acids is 2. The first-order valence-electron chi connectivity index (χ1n) is 13.7. The summed E-state index contributed by atoms with van der Waals surface area (Å²) in [5, 5.41) is 2.94. The molecule has 11 heteroatoms. The number of anilines is 1. The van der Waals surface area contributed by atoms with Gasteiger partial charge in [-0.05, 0) is 86.0 Å². The lowest BCUT2D eigenvalue weighted by molar-refractivity contribution is -0.140. The summed E-state index contributed by atoms with van der Waals surface area (Å²) in [4.78, 5) is 28.7. The third-order valence-corrected chi connectivity index (χ3v) is 8.73. The standard InChI is InChI=1S/C31H38FN3O6S/c1-6-22(3)33-31(37)29(7-2)34(20-23-8-14-26(40-4)15-9-23)30(36)21-35(25-12-10-24(32)11-13-25)42(38,39)28-18-16-27(41-5)17-19-28/h8-19,22,29H,6-7,20-21H2,1-5H3,(H,33,37)/t22-,29+/m1/s1. The number of sulfonamides is 1. The van der Waals surface area contributed by atoms with E-state index >= 15 is 0 Å². The van der Waals surface area contributed by atoms with Gasteiger partial charge in [0.05, 0.1) is 24.8 Å². The Kier molecular flexibility index (Phi) is 11.3. The van der Waals surface area contributed by atoms with Crippen molar-refractivity contribution in [3.63, 3.8) is 0 Å². The minimum absolute atomic E-state index is 0.0507. The highest BCUT2D eigenvalue weighted by Crippen LogP contribution is 2.26. The molecule has 0 radical (unpaired) electrons. The van der Waals surface area contributed by atoms with Gasteiger partial charge in [-0.1, -0.05) is 26.0 Å². The maximum Gasteiger partial charge on any atom is 0.264 e. The fourth-order valence-electron chi connectivity index (χ4n) is 4.30. The molecule has 0 bridgehead atoms. The second-order valence-electron chi connectivity index (χ2n) is 9.78. The number of methoxy groups -OCH3 is 2. The van der Waals surface area contributed by atoms with Crippen LogP contribution in [0.4, 0.5) is 10.1 Å². The van der Waals surface area contributed by atoms with Crippen LogP contribution >= 0.6 is 0 Å². The third kappa shape index (κ3) is 8.00. The van der Waals surface area contributed by atoms with Crippen molar-refractivity contribution in [2.75, 3.05) is 25.1 Å². The summed E-state index contributed by atoms with van der Waals surface area (Å²) in [6.45, 7) is 5.04. The van der Waals surface area contributed by atoms with Gasteiger partial charge in [0.25, 0.3) is 10.0 Å². The number of rotatable bonds is 14. The molecule has 0 saturated carbocycles. The summed E-state index contributed by atoms with van der Waals surface area (Å²) >= 11 is 0. The van der Waals surface area contributed by atoms with Crippen molar-refractivity contribution in [2.45, 2.75) is 57.1 Å². The SMILES string of the molecule is CC[C@@H](C)NC(=O)[C@H](CC)N(Cc1ccc(OC)cc1)C(=O)CN(c1ccc(F)cc1)S(=O)(=O)c1ccc(OC)cc1. The van der Waals surface area contributed by atoms with Gasteiger partial charge in [-0.15, -0.1) is 0 Å². The van der Waals surface area contributed by atoms with E-state index in [0.717, 1.165) is 22.0 Å². The van der Waals surface area contributed by atoms with E-state index in [1.54, 1.807) is 38.3 Å². The molecule has 0 aliphatic rings. The molecule has 42 heavy (non-hydrogen) atoms. The number of halogens is 1. The van der Waals surface area contributed by atoms with Crippen LogP contribution in [0.5, 0.6) is 11.5 Å². The molecule has 0 aliphatic heterocycles. The van der Waals surface area contributed by atoms with E-state index in [2.05, 4.69) is 5.32 Å². The molecular weight excluding hydrogens is 561 g/mol. The first kappa shape index (κ1) is 32.4. The van der Waals surface area contributed by atoms with Crippen molar-refractivity contribution >= 4 is 27.5 Å². The highest BCUT2D eigenvalue weighted by molar-refractivity contribution is 7.92. The number of nitrogens with zero attached hydrogens (tertiary/aromatic N) is 2. The lowest BCUT2D eigenvalue weighted by Gasteiger charge is -2.33. The average molecular weight is 600 g/mol. The van der Waals surface area contributed by atoms with Crippen molar-refractivity contribution < 1.29 is 31.9 Å². The fraction of sp³-hybridized carbons (Fsp3) is 0.355. The number of benzene rings is 3. The predicted octanol–water partition coefficient (Wildman–Crippen LogP) is 4.76. The molecule has 3 aromatic rings. The first-order valence-corrected chi connectivity index (χ1v) is 15.1. The summed E-state index contributed by atoms with van der Waals surface area (Å²) in [5.41, 5.74) is 0.826. The Labute approximate surface area is 247 Å². The number of nitrogens with one attached hydrogen (secondary N) is 1. The van der Waals surface area contributed by atoms with Crippen LogP contribution in [0.15, 0.2) is 77.7 Å². The van der Waals surface area contributed by atoms with Crippen LogP contribution in [0.25, 0.3) is 0 Å². The zero-order chi connectivity index (χ0) is 30.9. The molecule has 0 heterocycles. The Bertz CT molecular complexity index is 1430. The van der Waals surface area contributed by atoms with Crippen molar-refractivity contribution in [3.05, 3.63) is 84.2 Å². The number of ether oxygens (including phenoxy) is 2. The monoisotopic (exact) mass is 599 g/mol. The lowest BCUT2D eigenvalue weighted by atomic mass is 10.1. The maximum atomic E-state index is 14.1. The molecule has 1 N–H and O–H groups in total. The van der Waals surface area contributed by atoms with E-state index in [9.17, 15) is 22.4 Å². The molecule has 0 saturated heterocycles. The second kappa shape index (κ2) is 14.7. The number of amides is 2. The van der Waals surface area contributed by atoms with Crippen molar-refractivity contribution in [3.8, 4) is 11.5 Å². The van der Waals surface area contributed by atoms with Gasteiger partial charge in [-0.25, -0.2) is 12.8 Å². The third-order valence-electron chi connectivity index (χ3n) is 6.94. The second-order valence-corrected chi connectivity index (χ2v) is 11.6. The largest absolute Gasteiger partial charge is 0.497 e. The summed E-state index contributed by atoms with van der Waals surface area (Å²) in [7, 11) is -1.28. The average Bonchev–Trinajstić information content (AvgIpc) is 3.00. The Morgan fingerprint density at radius 1 is 0.857 bits per heavy atom. The van der Waals surface area contributed by atoms with Crippen LogP contribution < -0.4 is 19.1 Å². The molecule has 0 aliphatic carbocycles. The predicted molar refractivity (Wildman–Crippen MR) is 159 cm³/mol. The van der Waals surface area contributed by atoms with Crippen LogP contribution in [-0.4, -0.2) is 58.0 Å². The van der Waals surface area contributed by atoms with E-state index in [0.29, 0.717) is 24.3 Å². The van der Waals surface area contributed by atoms with Crippen LogP contribution in [0.2, 0.25) is 0 Å². The van der Waals surface area contributed by atoms with Gasteiger partial charge in [-0.3, -0.25) is 13.9 Å². The lowest BCUT2D eigenvalue weighted by Crippen LogP contribution is -2.53. The quantitative estimate of drug-likeness (QED) is 0.287. The van der Waals surface area contributed by atoms with Crippen LogP contribution in [0.3, 0.4) is 0 Å². The highest BCUT2D eigenvalue weighted by Gasteiger charge is 2.34. The first-order chi connectivity index (χ1) is 20.0. The Morgan fingerprint density at radius 2 is 1.40 bits per heavy atom. The van der Waals surface area contributed by atoms with Crippen LogP contribution in [0, 0.1) is 5.82 Å². The summed E-state index contributed by atoms with van der Waals surface area (Å²) < 4.78 is 52.9. The van der Waals surface area contributed by atoms with Gasteiger partial charge in [0, 0.05) is 12.6 Å². The zero-order valence-corrected chi connectivity index (χ0v) is 25.4. The van der Waals surface area contributed by atoms with E-state index in [1.165, 1.54) is 48.4 Å². The molecule has 226 valence electrons. The zero-order valence-electron chi connectivity index (χ0n) is 24.5. The molecule has 2 atom stereocenters. The van der Waals surface area contributed by atoms with Gasteiger partial charge in [0.1, 0.15) is 29.9 Å². The Balaban J connectivity index is 2.05. The van der Waals surface area contributed by atoms with Crippen molar-refractivity contribution in [1.82, 2.24) is 10.2 Å². The number of hydrogen-bond acceptors (Lipinski definition) is 6. The molecule has 0 unspecified atom stereocenters. The highest BCUT2D eigenvalue weighted by atomic mass is 32.2. The van der Waals surface area contributed by atoms with E-state index in [1.807, 2.05) is 13.8 Å². The van der Waals surface area contributed by atoms with Crippen molar-refractivity contribution in [2.24, 2.45) is 0 Å². The molecule has 3 rings (SSSR count). The van der Waals surface area contributed by atoms with Gasteiger partial charge in [-0.2, -0.15) is 0 Å². The van der Waals surface area contributed by atoms with E-state index in [4.69, 9.17) is 9.47 Å². The number of hydrogen-bond donors (Lipinski definition) is 1. The molecule has 9 nitrogen and oxygen atoms in total. The molecule has 0 spiro atoms. The summed E-state index contributed by atoms with van der Waals surface area (Å²) in [6.07, 6.45) is 0.999. The van der Waals surface area contributed by atoms with Gasteiger partial charge >= 0.3 is 0 Å².